The lowest BCUT2D eigenvalue weighted by Gasteiger charge is -2.28. The molecule has 3 heterocycles. The lowest BCUT2D eigenvalue weighted by molar-refractivity contribution is -0.124. The zero-order valence-electron chi connectivity index (χ0n) is 14.5. The summed E-state index contributed by atoms with van der Waals surface area (Å²) < 4.78 is 0. The number of likely N-dealkylation sites (tertiary alicyclic amines) is 1. The number of H-pyrrole nitrogens is 1. The van der Waals surface area contributed by atoms with Crippen molar-refractivity contribution in [2.24, 2.45) is 0 Å². The maximum absolute atomic E-state index is 11.7. The first-order valence-corrected chi connectivity index (χ1v) is 8.98. The highest BCUT2D eigenvalue weighted by Crippen LogP contribution is 2.33. The average molecular weight is 340 g/mol. The van der Waals surface area contributed by atoms with Crippen LogP contribution in [0.4, 0.5) is 4.79 Å². The number of urea groups is 1. The van der Waals surface area contributed by atoms with Crippen LogP contribution in [0.2, 0.25) is 0 Å². The van der Waals surface area contributed by atoms with E-state index < -0.39 is 0 Å². The number of imide groups is 1. The molecule has 2 aliphatic heterocycles. The van der Waals surface area contributed by atoms with Gasteiger partial charge in [-0.1, -0.05) is 6.07 Å². The highest BCUT2D eigenvalue weighted by Gasteiger charge is 2.27. The van der Waals surface area contributed by atoms with Crippen LogP contribution in [0.1, 0.15) is 29.9 Å². The fourth-order valence-electron chi connectivity index (χ4n) is 3.92. The van der Waals surface area contributed by atoms with Crippen molar-refractivity contribution in [3.63, 3.8) is 0 Å². The van der Waals surface area contributed by atoms with Gasteiger partial charge in [0.2, 0.25) is 5.91 Å². The van der Waals surface area contributed by atoms with Gasteiger partial charge in [-0.3, -0.25) is 9.69 Å². The Labute approximate surface area is 147 Å². The molecule has 0 spiro atoms. The molecule has 6 nitrogen and oxygen atoms in total. The number of aromatic nitrogens is 1. The summed E-state index contributed by atoms with van der Waals surface area (Å²) in [5.41, 5.74) is 3.72. The number of fused-ring (bicyclic) bond motifs is 1. The van der Waals surface area contributed by atoms with Crippen LogP contribution in [0, 0.1) is 0 Å². The summed E-state index contributed by atoms with van der Waals surface area (Å²) in [5, 5.41) is 3.85. The standard InChI is InChI=1S/C19H24N4O2/c1-22-7-5-14(6-8-22)16-11-20-17-3-2-13(10-15(16)17)4-9-23-18(24)12-21-19(23)25/h2-3,10-11,14,20H,4-9,12H2,1H3,(H,21,25). The minimum atomic E-state index is -0.278. The Balaban J connectivity index is 1.52. The number of rotatable bonds is 4. The van der Waals surface area contributed by atoms with E-state index in [0.29, 0.717) is 18.9 Å². The Hall–Kier alpha value is -2.34. The van der Waals surface area contributed by atoms with Crippen molar-refractivity contribution in [3.05, 3.63) is 35.5 Å². The Morgan fingerprint density at radius 3 is 2.72 bits per heavy atom. The molecule has 2 N–H and O–H groups in total. The van der Waals surface area contributed by atoms with E-state index in [9.17, 15) is 9.59 Å². The van der Waals surface area contributed by atoms with E-state index in [4.69, 9.17) is 0 Å². The van der Waals surface area contributed by atoms with E-state index in [-0.39, 0.29) is 18.5 Å². The molecule has 0 bridgehead atoms. The van der Waals surface area contributed by atoms with Crippen molar-refractivity contribution in [1.29, 1.82) is 0 Å². The van der Waals surface area contributed by atoms with Crippen molar-refractivity contribution in [1.82, 2.24) is 20.1 Å². The van der Waals surface area contributed by atoms with Crippen molar-refractivity contribution in [2.75, 3.05) is 33.2 Å². The zero-order valence-corrected chi connectivity index (χ0v) is 14.5. The van der Waals surface area contributed by atoms with Crippen LogP contribution in [0.5, 0.6) is 0 Å². The van der Waals surface area contributed by atoms with Gasteiger partial charge in [0.05, 0.1) is 6.54 Å². The van der Waals surface area contributed by atoms with Gasteiger partial charge in [0.1, 0.15) is 0 Å². The molecule has 1 aromatic heterocycles. The fraction of sp³-hybridized carbons (Fsp3) is 0.474. The second-order valence-corrected chi connectivity index (χ2v) is 7.16. The Kier molecular flexibility index (Phi) is 4.21. The summed E-state index contributed by atoms with van der Waals surface area (Å²) in [6, 6.07) is 6.13. The molecule has 25 heavy (non-hydrogen) atoms. The molecule has 1 aromatic carbocycles. The molecule has 2 aromatic rings. The Bertz CT molecular complexity index is 789. The fourth-order valence-corrected chi connectivity index (χ4v) is 3.92. The molecule has 0 atom stereocenters. The minimum Gasteiger partial charge on any atom is -0.361 e. The molecule has 0 saturated carbocycles. The van der Waals surface area contributed by atoms with Crippen LogP contribution in [0.25, 0.3) is 10.9 Å². The molecule has 0 aliphatic carbocycles. The van der Waals surface area contributed by atoms with Crippen molar-refractivity contribution in [2.45, 2.75) is 25.2 Å². The first kappa shape index (κ1) is 16.1. The number of benzene rings is 1. The molecule has 0 unspecified atom stereocenters. The average Bonchev–Trinajstić information content (AvgIpc) is 3.17. The number of hydrogen-bond donors (Lipinski definition) is 2. The van der Waals surface area contributed by atoms with Gasteiger partial charge in [0.15, 0.2) is 0 Å². The number of hydrogen-bond acceptors (Lipinski definition) is 3. The molecule has 4 rings (SSSR count). The summed E-state index contributed by atoms with van der Waals surface area (Å²) in [7, 11) is 2.18. The number of aromatic amines is 1. The lowest BCUT2D eigenvalue weighted by Crippen LogP contribution is -2.32. The molecule has 2 saturated heterocycles. The number of piperidine rings is 1. The van der Waals surface area contributed by atoms with Crippen LogP contribution < -0.4 is 5.32 Å². The third-order valence-corrected chi connectivity index (χ3v) is 5.50. The monoisotopic (exact) mass is 340 g/mol. The predicted octanol–water partition coefficient (Wildman–Crippen LogP) is 2.07. The highest BCUT2D eigenvalue weighted by atomic mass is 16.2. The first-order chi connectivity index (χ1) is 12.1. The van der Waals surface area contributed by atoms with Crippen molar-refractivity contribution in [3.8, 4) is 0 Å². The zero-order chi connectivity index (χ0) is 17.4. The summed E-state index contributed by atoms with van der Waals surface area (Å²) in [6.45, 7) is 2.84. The van der Waals surface area contributed by atoms with E-state index in [1.807, 2.05) is 0 Å². The normalized spacial score (nSPS) is 19.8. The molecule has 2 aliphatic rings. The second-order valence-electron chi connectivity index (χ2n) is 7.16. The van der Waals surface area contributed by atoms with Gasteiger partial charge in [0, 0.05) is 23.6 Å². The molecule has 2 fully saturated rings. The summed E-state index contributed by atoms with van der Waals surface area (Å²) in [6.07, 6.45) is 5.22. The van der Waals surface area contributed by atoms with Crippen LogP contribution >= 0.6 is 0 Å². The molecular weight excluding hydrogens is 316 g/mol. The van der Waals surface area contributed by atoms with Crippen LogP contribution in [0.15, 0.2) is 24.4 Å². The van der Waals surface area contributed by atoms with E-state index in [1.165, 1.54) is 28.7 Å². The Morgan fingerprint density at radius 1 is 1.20 bits per heavy atom. The number of nitrogens with one attached hydrogen (secondary N) is 2. The predicted molar refractivity (Wildman–Crippen MR) is 96.6 cm³/mol. The largest absolute Gasteiger partial charge is 0.361 e. The summed E-state index contributed by atoms with van der Waals surface area (Å²) >= 11 is 0. The van der Waals surface area contributed by atoms with Gasteiger partial charge >= 0.3 is 6.03 Å². The van der Waals surface area contributed by atoms with Gasteiger partial charge in [-0.25, -0.2) is 4.79 Å². The van der Waals surface area contributed by atoms with Gasteiger partial charge in [-0.05, 0) is 68.6 Å². The molecule has 0 radical (unpaired) electrons. The Morgan fingerprint density at radius 2 is 2.00 bits per heavy atom. The number of carbonyl (C=O) groups is 2. The van der Waals surface area contributed by atoms with Gasteiger partial charge in [-0.2, -0.15) is 0 Å². The molecule has 3 amide bonds. The van der Waals surface area contributed by atoms with Gasteiger partial charge < -0.3 is 15.2 Å². The third kappa shape index (κ3) is 3.14. The molecule has 132 valence electrons. The van der Waals surface area contributed by atoms with Crippen LogP contribution in [-0.2, 0) is 11.2 Å². The van der Waals surface area contributed by atoms with E-state index in [2.05, 4.69) is 46.6 Å². The molecular formula is C19H24N4O2. The summed E-state index contributed by atoms with van der Waals surface area (Å²) in [5.74, 6) is 0.464. The highest BCUT2D eigenvalue weighted by molar-refractivity contribution is 6.01. The van der Waals surface area contributed by atoms with E-state index in [0.717, 1.165) is 24.2 Å². The lowest BCUT2D eigenvalue weighted by atomic mass is 9.89. The molecule has 6 heteroatoms. The number of carbonyl (C=O) groups excluding carboxylic acids is 2. The van der Waals surface area contributed by atoms with Crippen LogP contribution in [0.3, 0.4) is 0 Å². The van der Waals surface area contributed by atoms with Crippen molar-refractivity contribution < 1.29 is 9.59 Å². The first-order valence-electron chi connectivity index (χ1n) is 8.98. The number of amides is 3. The maximum Gasteiger partial charge on any atom is 0.324 e. The maximum atomic E-state index is 11.7. The SMILES string of the molecule is CN1CCC(c2c[nH]c3ccc(CCN4C(=O)CNC4=O)cc23)CC1. The van der Waals surface area contributed by atoms with E-state index in [1.54, 1.807) is 0 Å². The minimum absolute atomic E-state index is 0.121. The smallest absolute Gasteiger partial charge is 0.324 e. The summed E-state index contributed by atoms with van der Waals surface area (Å²) in [4.78, 5) is 30.4. The quantitative estimate of drug-likeness (QED) is 0.837. The second kappa shape index (κ2) is 6.52. The van der Waals surface area contributed by atoms with E-state index >= 15 is 0 Å². The number of nitrogens with zero attached hydrogens (tertiary/aromatic N) is 2. The van der Waals surface area contributed by atoms with Gasteiger partial charge in [0.25, 0.3) is 0 Å². The third-order valence-electron chi connectivity index (χ3n) is 5.50. The topological polar surface area (TPSA) is 68.4 Å². The van der Waals surface area contributed by atoms with Crippen molar-refractivity contribution >= 4 is 22.8 Å². The van der Waals surface area contributed by atoms with Gasteiger partial charge in [-0.15, -0.1) is 0 Å². The van der Waals surface area contributed by atoms with Crippen LogP contribution in [-0.4, -0.2) is 59.9 Å².